The van der Waals surface area contributed by atoms with Crippen LogP contribution in [0.15, 0.2) is 33.9 Å². The molecule has 118 valence electrons. The maximum absolute atomic E-state index is 12.2. The lowest BCUT2D eigenvalue weighted by Gasteiger charge is -2.01. The number of nitrogens with one attached hydrogen (secondary N) is 1. The van der Waals surface area contributed by atoms with E-state index in [4.69, 9.17) is 16.0 Å². The van der Waals surface area contributed by atoms with Crippen molar-refractivity contribution in [1.82, 2.24) is 15.5 Å². The Morgan fingerprint density at radius 2 is 2.14 bits per heavy atom. The molecule has 2 aromatic rings. The van der Waals surface area contributed by atoms with Gasteiger partial charge in [-0.1, -0.05) is 35.8 Å². The fraction of sp³-hybridized carbons (Fsp3) is 0.308. The largest absolute Gasteiger partial charge is 0.411 e. The average Bonchev–Trinajstić information content (AvgIpc) is 2.94. The summed E-state index contributed by atoms with van der Waals surface area (Å²) in [5, 5.41) is 9.62. The first-order valence-electron chi connectivity index (χ1n) is 6.47. The summed E-state index contributed by atoms with van der Waals surface area (Å²) >= 11 is 5.82. The Kier molecular flexibility index (Phi) is 5.15. The summed E-state index contributed by atoms with van der Waals surface area (Å²) < 4.78 is 29.5. The number of nitrogens with zero attached hydrogens (tertiary/aromatic N) is 2. The van der Waals surface area contributed by atoms with Crippen molar-refractivity contribution in [3.05, 3.63) is 40.7 Å². The maximum atomic E-state index is 12.2. The van der Waals surface area contributed by atoms with Crippen LogP contribution in [-0.2, 0) is 26.9 Å². The lowest BCUT2D eigenvalue weighted by molar-refractivity contribution is -0.121. The van der Waals surface area contributed by atoms with E-state index in [2.05, 4.69) is 15.5 Å². The molecule has 1 aromatic carbocycles. The summed E-state index contributed by atoms with van der Waals surface area (Å²) in [6, 6.07) is 6.51. The fourth-order valence-electron chi connectivity index (χ4n) is 1.64. The number of benzene rings is 1. The molecule has 1 N–H and O–H groups in total. The van der Waals surface area contributed by atoms with Gasteiger partial charge in [0.2, 0.25) is 21.6 Å². The molecule has 0 unspecified atom stereocenters. The molecular weight excluding hydrogens is 330 g/mol. The molecule has 2 rings (SSSR count). The number of halogens is 1. The van der Waals surface area contributed by atoms with Gasteiger partial charge in [0.15, 0.2) is 0 Å². The molecule has 0 bridgehead atoms. The van der Waals surface area contributed by atoms with E-state index in [-0.39, 0.29) is 24.1 Å². The quantitative estimate of drug-likeness (QED) is 0.856. The predicted molar refractivity (Wildman–Crippen MR) is 78.8 cm³/mol. The van der Waals surface area contributed by atoms with Crippen molar-refractivity contribution in [1.29, 1.82) is 0 Å². The van der Waals surface area contributed by atoms with Gasteiger partial charge in [0.05, 0.1) is 12.3 Å². The van der Waals surface area contributed by atoms with Gasteiger partial charge >= 0.3 is 5.22 Å². The normalized spacial score (nSPS) is 11.4. The molecule has 0 aliphatic carbocycles. The molecule has 0 saturated heterocycles. The van der Waals surface area contributed by atoms with Gasteiger partial charge in [0, 0.05) is 11.4 Å². The second-order valence-corrected chi connectivity index (χ2v) is 6.78. The topological polar surface area (TPSA) is 102 Å². The van der Waals surface area contributed by atoms with Gasteiger partial charge < -0.3 is 9.73 Å². The van der Waals surface area contributed by atoms with Crippen molar-refractivity contribution >= 4 is 27.3 Å². The van der Waals surface area contributed by atoms with Gasteiger partial charge in [0.25, 0.3) is 0 Å². The number of amides is 1. The third kappa shape index (κ3) is 4.28. The summed E-state index contributed by atoms with van der Waals surface area (Å²) in [4.78, 5) is 11.1. The first-order valence-corrected chi connectivity index (χ1v) is 8.50. The van der Waals surface area contributed by atoms with Crippen molar-refractivity contribution in [3.8, 4) is 0 Å². The van der Waals surface area contributed by atoms with Crippen LogP contribution in [0.5, 0.6) is 0 Å². The number of aromatic nitrogens is 2. The van der Waals surface area contributed by atoms with E-state index in [0.29, 0.717) is 17.0 Å². The standard InChI is InChI=1S/C13H14ClN3O4S/c1-2-11(18)15-7-12-16-17-13(21-12)22(19,20)8-9-4-3-5-10(14)6-9/h3-6H,2,7-8H2,1H3,(H,15,18). The molecule has 0 spiro atoms. The first kappa shape index (κ1) is 16.4. The summed E-state index contributed by atoms with van der Waals surface area (Å²) in [5.74, 6) is -0.454. The third-order valence-corrected chi connectivity index (χ3v) is 4.36. The summed E-state index contributed by atoms with van der Waals surface area (Å²) in [6.07, 6.45) is 0.314. The zero-order valence-corrected chi connectivity index (χ0v) is 13.3. The monoisotopic (exact) mass is 343 g/mol. The van der Waals surface area contributed by atoms with Crippen molar-refractivity contribution in [2.45, 2.75) is 30.9 Å². The van der Waals surface area contributed by atoms with Crippen molar-refractivity contribution in [2.75, 3.05) is 0 Å². The van der Waals surface area contributed by atoms with Crippen LogP contribution in [0.4, 0.5) is 0 Å². The highest BCUT2D eigenvalue weighted by Gasteiger charge is 2.23. The highest BCUT2D eigenvalue weighted by Crippen LogP contribution is 2.18. The average molecular weight is 344 g/mol. The van der Waals surface area contributed by atoms with E-state index >= 15 is 0 Å². The van der Waals surface area contributed by atoms with E-state index in [9.17, 15) is 13.2 Å². The molecule has 0 saturated carbocycles. The van der Waals surface area contributed by atoms with Crippen LogP contribution in [0.1, 0.15) is 24.8 Å². The number of rotatable bonds is 6. The molecule has 0 fully saturated rings. The van der Waals surface area contributed by atoms with Crippen LogP contribution in [-0.4, -0.2) is 24.5 Å². The van der Waals surface area contributed by atoms with E-state index in [0.717, 1.165) is 0 Å². The number of carbonyl (C=O) groups is 1. The highest BCUT2D eigenvalue weighted by molar-refractivity contribution is 7.90. The molecule has 1 heterocycles. The van der Waals surface area contributed by atoms with Gasteiger partial charge in [-0.05, 0) is 17.7 Å². The molecule has 22 heavy (non-hydrogen) atoms. The highest BCUT2D eigenvalue weighted by atomic mass is 35.5. The maximum Gasteiger partial charge on any atom is 0.335 e. The molecule has 1 amide bonds. The van der Waals surface area contributed by atoms with Crippen molar-refractivity contribution in [2.24, 2.45) is 0 Å². The predicted octanol–water partition coefficient (Wildman–Crippen LogP) is 1.72. The summed E-state index contributed by atoms with van der Waals surface area (Å²) in [6.45, 7) is 1.69. The molecule has 0 atom stereocenters. The SMILES string of the molecule is CCC(=O)NCc1nnc(S(=O)(=O)Cc2cccc(Cl)c2)o1. The van der Waals surface area contributed by atoms with Crippen LogP contribution in [0, 0.1) is 0 Å². The van der Waals surface area contributed by atoms with Crippen molar-refractivity contribution in [3.63, 3.8) is 0 Å². The number of hydrogen-bond acceptors (Lipinski definition) is 6. The zero-order chi connectivity index (χ0) is 16.2. The minimum absolute atomic E-state index is 0.00758. The Morgan fingerprint density at radius 3 is 2.82 bits per heavy atom. The Hall–Kier alpha value is -1.93. The second kappa shape index (κ2) is 6.89. The van der Waals surface area contributed by atoms with E-state index < -0.39 is 15.1 Å². The van der Waals surface area contributed by atoms with Crippen LogP contribution in [0.3, 0.4) is 0 Å². The van der Waals surface area contributed by atoms with Gasteiger partial charge in [-0.15, -0.1) is 5.10 Å². The van der Waals surface area contributed by atoms with Crippen molar-refractivity contribution < 1.29 is 17.6 Å². The Balaban J connectivity index is 2.10. The minimum Gasteiger partial charge on any atom is -0.411 e. The van der Waals surface area contributed by atoms with Gasteiger partial charge in [-0.3, -0.25) is 4.79 Å². The third-order valence-electron chi connectivity index (χ3n) is 2.72. The van der Waals surface area contributed by atoms with Gasteiger partial charge in [-0.25, -0.2) is 8.42 Å². The zero-order valence-electron chi connectivity index (χ0n) is 11.7. The lowest BCUT2D eigenvalue weighted by atomic mass is 10.2. The molecule has 1 aromatic heterocycles. The smallest absolute Gasteiger partial charge is 0.335 e. The molecule has 0 radical (unpaired) electrons. The Morgan fingerprint density at radius 1 is 1.36 bits per heavy atom. The molecular formula is C13H14ClN3O4S. The van der Waals surface area contributed by atoms with Crippen LogP contribution in [0.2, 0.25) is 5.02 Å². The van der Waals surface area contributed by atoms with Crippen LogP contribution >= 0.6 is 11.6 Å². The van der Waals surface area contributed by atoms with Crippen LogP contribution in [0.25, 0.3) is 0 Å². The molecule has 7 nitrogen and oxygen atoms in total. The van der Waals surface area contributed by atoms with E-state index in [1.807, 2.05) is 0 Å². The Labute approximate surface area is 132 Å². The molecule has 0 aliphatic rings. The fourth-order valence-corrected chi connectivity index (χ4v) is 2.99. The second-order valence-electron chi connectivity index (χ2n) is 4.48. The first-order chi connectivity index (χ1) is 10.4. The summed E-state index contributed by atoms with van der Waals surface area (Å²) in [7, 11) is -3.77. The summed E-state index contributed by atoms with van der Waals surface area (Å²) in [5.41, 5.74) is 0.520. The lowest BCUT2D eigenvalue weighted by Crippen LogP contribution is -2.21. The minimum atomic E-state index is -3.77. The van der Waals surface area contributed by atoms with Gasteiger partial charge in [0.1, 0.15) is 0 Å². The molecule has 9 heteroatoms. The number of sulfone groups is 1. The number of carbonyl (C=O) groups excluding carboxylic acids is 1. The van der Waals surface area contributed by atoms with E-state index in [1.165, 1.54) is 0 Å². The van der Waals surface area contributed by atoms with Gasteiger partial charge in [-0.2, -0.15) is 0 Å². The molecule has 0 aliphatic heterocycles. The van der Waals surface area contributed by atoms with E-state index in [1.54, 1.807) is 31.2 Å². The number of hydrogen-bond donors (Lipinski definition) is 1. The Bertz CT molecular complexity index is 773. The van der Waals surface area contributed by atoms with Crippen LogP contribution < -0.4 is 5.32 Å².